The van der Waals surface area contributed by atoms with Crippen LogP contribution in [-0.2, 0) is 0 Å². The van der Waals surface area contributed by atoms with E-state index in [1.54, 1.807) is 0 Å². The van der Waals surface area contributed by atoms with E-state index in [4.69, 9.17) is 5.10 Å². The summed E-state index contributed by atoms with van der Waals surface area (Å²) in [5, 5.41) is 6.83. The molecule has 4 rings (SSSR count). The molecule has 0 atom stereocenters. The standard InChI is InChI=1S/C25H21Br2N3/c1-18-24(25(27)19(2)29(18)21-15-13-20(26)14-16-21)17-28-30(22-9-5-3-6-10-22)23-11-7-4-8-12-23/h3-17H,1-2H3/b28-17-. The third-order valence-electron chi connectivity index (χ3n) is 5.00. The summed E-state index contributed by atoms with van der Waals surface area (Å²) in [6, 6.07) is 28.7. The maximum atomic E-state index is 4.88. The summed E-state index contributed by atoms with van der Waals surface area (Å²) < 4.78 is 4.36. The molecule has 0 fully saturated rings. The first kappa shape index (κ1) is 20.6. The molecule has 4 aromatic rings. The average molecular weight is 523 g/mol. The van der Waals surface area contributed by atoms with Gasteiger partial charge in [-0.15, -0.1) is 0 Å². The number of halogens is 2. The molecule has 0 bridgehead atoms. The molecule has 150 valence electrons. The van der Waals surface area contributed by atoms with Crippen molar-refractivity contribution in [3.63, 3.8) is 0 Å². The van der Waals surface area contributed by atoms with E-state index in [0.717, 1.165) is 43.0 Å². The van der Waals surface area contributed by atoms with Gasteiger partial charge in [-0.05, 0) is 78.3 Å². The minimum absolute atomic E-state index is 1.01. The van der Waals surface area contributed by atoms with E-state index in [-0.39, 0.29) is 0 Å². The third-order valence-corrected chi connectivity index (χ3v) is 6.53. The van der Waals surface area contributed by atoms with Crippen molar-refractivity contribution < 1.29 is 0 Å². The first-order chi connectivity index (χ1) is 14.6. The maximum absolute atomic E-state index is 4.88. The van der Waals surface area contributed by atoms with Gasteiger partial charge in [0.25, 0.3) is 0 Å². The fourth-order valence-corrected chi connectivity index (χ4v) is 4.32. The van der Waals surface area contributed by atoms with Gasteiger partial charge in [-0.25, -0.2) is 5.01 Å². The minimum atomic E-state index is 1.01. The van der Waals surface area contributed by atoms with Crippen molar-refractivity contribution in [1.82, 2.24) is 4.57 Å². The number of rotatable bonds is 5. The lowest BCUT2D eigenvalue weighted by Gasteiger charge is -2.19. The number of nitrogens with zero attached hydrogens (tertiary/aromatic N) is 3. The van der Waals surface area contributed by atoms with E-state index < -0.39 is 0 Å². The van der Waals surface area contributed by atoms with E-state index in [0.29, 0.717) is 0 Å². The number of anilines is 2. The van der Waals surface area contributed by atoms with Gasteiger partial charge >= 0.3 is 0 Å². The Labute approximate surface area is 193 Å². The van der Waals surface area contributed by atoms with Gasteiger partial charge in [0, 0.05) is 31.6 Å². The van der Waals surface area contributed by atoms with Gasteiger partial charge in [-0.1, -0.05) is 52.3 Å². The van der Waals surface area contributed by atoms with Crippen LogP contribution in [0.3, 0.4) is 0 Å². The summed E-state index contributed by atoms with van der Waals surface area (Å²) in [6.45, 7) is 4.24. The summed E-state index contributed by atoms with van der Waals surface area (Å²) in [6.07, 6.45) is 1.93. The SMILES string of the molecule is Cc1c(Br)c(/C=N\N(c2ccccc2)c2ccccc2)c(C)n1-c1ccc(Br)cc1. The Balaban J connectivity index is 1.77. The predicted molar refractivity (Wildman–Crippen MR) is 133 cm³/mol. The number of benzene rings is 3. The smallest absolute Gasteiger partial charge is 0.0652 e. The van der Waals surface area contributed by atoms with E-state index in [1.165, 1.54) is 0 Å². The highest BCUT2D eigenvalue weighted by molar-refractivity contribution is 9.10. The Kier molecular flexibility index (Phi) is 6.21. The second-order valence-corrected chi connectivity index (χ2v) is 8.65. The van der Waals surface area contributed by atoms with Gasteiger partial charge in [0.05, 0.1) is 17.6 Å². The molecule has 0 amide bonds. The lowest BCUT2D eigenvalue weighted by molar-refractivity contribution is 0.961. The van der Waals surface area contributed by atoms with Crippen molar-refractivity contribution in [1.29, 1.82) is 0 Å². The van der Waals surface area contributed by atoms with Crippen molar-refractivity contribution in [2.75, 3.05) is 5.01 Å². The molecule has 0 saturated carbocycles. The second kappa shape index (κ2) is 9.02. The highest BCUT2D eigenvalue weighted by atomic mass is 79.9. The molecule has 0 aliphatic carbocycles. The molecule has 0 aliphatic heterocycles. The molecule has 0 radical (unpaired) electrons. The zero-order valence-electron chi connectivity index (χ0n) is 16.8. The highest BCUT2D eigenvalue weighted by Gasteiger charge is 2.16. The van der Waals surface area contributed by atoms with Crippen LogP contribution in [0.5, 0.6) is 0 Å². The van der Waals surface area contributed by atoms with Gasteiger partial charge < -0.3 is 4.57 Å². The number of aromatic nitrogens is 1. The van der Waals surface area contributed by atoms with Gasteiger partial charge in [-0.2, -0.15) is 5.10 Å². The zero-order chi connectivity index (χ0) is 21.1. The number of para-hydroxylation sites is 2. The quantitative estimate of drug-likeness (QED) is 0.193. The Hall–Kier alpha value is -2.63. The van der Waals surface area contributed by atoms with Crippen LogP contribution in [0, 0.1) is 13.8 Å². The van der Waals surface area contributed by atoms with Crippen LogP contribution >= 0.6 is 31.9 Å². The molecule has 1 heterocycles. The summed E-state index contributed by atoms with van der Waals surface area (Å²) in [5.41, 5.74) is 6.48. The maximum Gasteiger partial charge on any atom is 0.0652 e. The van der Waals surface area contributed by atoms with Crippen LogP contribution in [0.1, 0.15) is 17.0 Å². The molecule has 30 heavy (non-hydrogen) atoms. The highest BCUT2D eigenvalue weighted by Crippen LogP contribution is 2.31. The Morgan fingerprint density at radius 3 is 1.80 bits per heavy atom. The Morgan fingerprint density at radius 1 is 0.733 bits per heavy atom. The van der Waals surface area contributed by atoms with E-state index in [9.17, 15) is 0 Å². The Morgan fingerprint density at radius 2 is 1.27 bits per heavy atom. The van der Waals surface area contributed by atoms with Crippen molar-refractivity contribution in [3.05, 3.63) is 111 Å². The lowest BCUT2D eigenvalue weighted by Crippen LogP contribution is -2.09. The van der Waals surface area contributed by atoms with Crippen LogP contribution in [0.4, 0.5) is 11.4 Å². The molecule has 0 spiro atoms. The molecule has 0 N–H and O–H groups in total. The van der Waals surface area contributed by atoms with E-state index >= 15 is 0 Å². The normalized spacial score (nSPS) is 11.2. The van der Waals surface area contributed by atoms with E-state index in [2.05, 4.69) is 98.8 Å². The van der Waals surface area contributed by atoms with Crippen LogP contribution in [0.2, 0.25) is 0 Å². The lowest BCUT2D eigenvalue weighted by atomic mass is 10.2. The summed E-state index contributed by atoms with van der Waals surface area (Å²) >= 11 is 7.30. The number of hydrogen-bond acceptors (Lipinski definition) is 2. The summed E-state index contributed by atoms with van der Waals surface area (Å²) in [7, 11) is 0. The third kappa shape index (κ3) is 4.13. The minimum Gasteiger partial charge on any atom is -0.317 e. The molecule has 0 aliphatic rings. The first-order valence-corrected chi connectivity index (χ1v) is 11.2. The fourth-order valence-electron chi connectivity index (χ4n) is 3.49. The summed E-state index contributed by atoms with van der Waals surface area (Å²) in [5.74, 6) is 0. The zero-order valence-corrected chi connectivity index (χ0v) is 19.9. The van der Waals surface area contributed by atoms with Crippen LogP contribution < -0.4 is 5.01 Å². The average Bonchev–Trinajstić information content (AvgIpc) is 2.99. The molecule has 3 aromatic carbocycles. The topological polar surface area (TPSA) is 20.5 Å². The summed E-state index contributed by atoms with van der Waals surface area (Å²) in [4.78, 5) is 0. The van der Waals surface area contributed by atoms with Crippen molar-refractivity contribution in [3.8, 4) is 5.69 Å². The van der Waals surface area contributed by atoms with Crippen molar-refractivity contribution in [2.24, 2.45) is 5.10 Å². The molecule has 1 aromatic heterocycles. The molecule has 0 saturated heterocycles. The largest absolute Gasteiger partial charge is 0.317 e. The predicted octanol–water partition coefficient (Wildman–Crippen LogP) is 7.79. The van der Waals surface area contributed by atoms with Crippen LogP contribution in [0.25, 0.3) is 5.69 Å². The van der Waals surface area contributed by atoms with Gasteiger partial charge in [0.1, 0.15) is 0 Å². The molecule has 3 nitrogen and oxygen atoms in total. The van der Waals surface area contributed by atoms with Gasteiger partial charge in [-0.3, -0.25) is 0 Å². The number of hydrogen-bond donors (Lipinski definition) is 0. The molecular weight excluding hydrogens is 502 g/mol. The monoisotopic (exact) mass is 521 g/mol. The second-order valence-electron chi connectivity index (χ2n) is 6.94. The molecule has 0 unspecified atom stereocenters. The molecular formula is C25H21Br2N3. The molecule has 5 heteroatoms. The van der Waals surface area contributed by atoms with Gasteiger partial charge in [0.15, 0.2) is 0 Å². The first-order valence-electron chi connectivity index (χ1n) is 9.64. The van der Waals surface area contributed by atoms with Crippen LogP contribution in [0.15, 0.2) is 99.0 Å². The number of hydrazone groups is 1. The van der Waals surface area contributed by atoms with Gasteiger partial charge in [0.2, 0.25) is 0 Å². The van der Waals surface area contributed by atoms with Crippen molar-refractivity contribution >= 4 is 49.4 Å². The Bertz CT molecular complexity index is 1130. The van der Waals surface area contributed by atoms with E-state index in [1.807, 2.05) is 47.6 Å². The fraction of sp³-hybridized carbons (Fsp3) is 0.0800. The van der Waals surface area contributed by atoms with Crippen LogP contribution in [-0.4, -0.2) is 10.8 Å². The van der Waals surface area contributed by atoms with Crippen molar-refractivity contribution in [2.45, 2.75) is 13.8 Å².